The van der Waals surface area contributed by atoms with Gasteiger partial charge >= 0.3 is 5.97 Å². The van der Waals surface area contributed by atoms with Crippen LogP contribution in [0.1, 0.15) is 27.2 Å². The number of hydrogen-bond acceptors (Lipinski definition) is 4. The van der Waals surface area contributed by atoms with Crippen molar-refractivity contribution in [1.29, 1.82) is 0 Å². The molecule has 0 rings (SSSR count). The van der Waals surface area contributed by atoms with E-state index in [1.165, 1.54) is 15.7 Å². The van der Waals surface area contributed by atoms with Crippen LogP contribution >= 0.6 is 0 Å². The molecule has 0 amide bonds. The Morgan fingerprint density at radius 1 is 1.06 bits per heavy atom. The first-order valence-electron chi connectivity index (χ1n) is 5.75. The van der Waals surface area contributed by atoms with Crippen molar-refractivity contribution in [3.8, 4) is 0 Å². The minimum Gasteiger partial charge on any atom is -0.469 e. The molecule has 0 saturated carbocycles. The second-order valence-electron chi connectivity index (χ2n) is 3.41. The molecule has 102 valence electrons. The van der Waals surface area contributed by atoms with Crippen molar-refractivity contribution in [2.45, 2.75) is 27.2 Å². The van der Waals surface area contributed by atoms with E-state index in [0.29, 0.717) is 19.6 Å². The Labute approximate surface area is 104 Å². The second kappa shape index (κ2) is 7.62. The first-order chi connectivity index (χ1) is 7.93. The molecule has 0 saturated heterocycles. The molecular formula is C10H22N2O4S. The summed E-state index contributed by atoms with van der Waals surface area (Å²) in [7, 11) is -2.17. The molecule has 0 heterocycles. The van der Waals surface area contributed by atoms with Gasteiger partial charge in [0.05, 0.1) is 13.5 Å². The number of ether oxygens (including phenoxy) is 1. The third-order valence-corrected chi connectivity index (χ3v) is 4.77. The predicted molar refractivity (Wildman–Crippen MR) is 65.7 cm³/mol. The minimum absolute atomic E-state index is 0.0742. The number of carbonyl (C=O) groups is 1. The molecule has 0 radical (unpaired) electrons. The Balaban J connectivity index is 4.69. The fourth-order valence-electron chi connectivity index (χ4n) is 1.47. The normalized spacial score (nSPS) is 12.1. The molecule has 7 heteroatoms. The maximum absolute atomic E-state index is 12.1. The molecule has 0 spiro atoms. The highest BCUT2D eigenvalue weighted by Gasteiger charge is 2.26. The van der Waals surface area contributed by atoms with Gasteiger partial charge in [0, 0.05) is 26.2 Å². The van der Waals surface area contributed by atoms with Crippen molar-refractivity contribution in [2.75, 3.05) is 33.3 Å². The van der Waals surface area contributed by atoms with Crippen molar-refractivity contribution in [2.24, 2.45) is 0 Å². The van der Waals surface area contributed by atoms with Crippen molar-refractivity contribution in [3.05, 3.63) is 0 Å². The van der Waals surface area contributed by atoms with Gasteiger partial charge in [-0.05, 0) is 0 Å². The first kappa shape index (κ1) is 16.3. The lowest BCUT2D eigenvalue weighted by molar-refractivity contribution is -0.140. The highest BCUT2D eigenvalue weighted by atomic mass is 32.2. The second-order valence-corrected chi connectivity index (χ2v) is 5.34. The van der Waals surface area contributed by atoms with Crippen LogP contribution in [0.4, 0.5) is 0 Å². The average Bonchev–Trinajstić information content (AvgIpc) is 2.30. The zero-order valence-electron chi connectivity index (χ0n) is 11.0. The highest BCUT2D eigenvalue weighted by Crippen LogP contribution is 2.08. The van der Waals surface area contributed by atoms with E-state index in [2.05, 4.69) is 4.74 Å². The summed E-state index contributed by atoms with van der Waals surface area (Å²) in [6.07, 6.45) is 0.0742. The molecule has 0 fully saturated rings. The lowest BCUT2D eigenvalue weighted by Crippen LogP contribution is -2.44. The van der Waals surface area contributed by atoms with E-state index >= 15 is 0 Å². The van der Waals surface area contributed by atoms with Gasteiger partial charge in [0.1, 0.15) is 0 Å². The van der Waals surface area contributed by atoms with Gasteiger partial charge < -0.3 is 4.74 Å². The highest BCUT2D eigenvalue weighted by molar-refractivity contribution is 7.86. The zero-order chi connectivity index (χ0) is 13.5. The molecule has 17 heavy (non-hydrogen) atoms. The van der Waals surface area contributed by atoms with Crippen LogP contribution in [-0.4, -0.2) is 56.3 Å². The van der Waals surface area contributed by atoms with Gasteiger partial charge in [-0.3, -0.25) is 4.79 Å². The summed E-state index contributed by atoms with van der Waals surface area (Å²) in [6.45, 7) is 6.67. The molecule has 0 aromatic carbocycles. The number of carbonyl (C=O) groups excluding carboxylic acids is 1. The molecule has 6 nitrogen and oxygen atoms in total. The van der Waals surface area contributed by atoms with Crippen LogP contribution in [0.5, 0.6) is 0 Å². The van der Waals surface area contributed by atoms with Gasteiger partial charge in [-0.2, -0.15) is 17.0 Å². The van der Waals surface area contributed by atoms with Gasteiger partial charge in [0.25, 0.3) is 10.2 Å². The van der Waals surface area contributed by atoms with Crippen LogP contribution in [0.2, 0.25) is 0 Å². The summed E-state index contributed by atoms with van der Waals surface area (Å²) < 4.78 is 31.4. The van der Waals surface area contributed by atoms with E-state index in [1.807, 2.05) is 0 Å². The summed E-state index contributed by atoms with van der Waals surface area (Å²) in [5, 5.41) is 0. The van der Waals surface area contributed by atoms with E-state index in [9.17, 15) is 13.2 Å². The summed E-state index contributed by atoms with van der Waals surface area (Å²) in [4.78, 5) is 11.0. The Morgan fingerprint density at radius 2 is 1.53 bits per heavy atom. The Kier molecular flexibility index (Phi) is 7.33. The minimum atomic E-state index is -3.46. The Hall–Kier alpha value is -0.660. The molecule has 0 unspecified atom stereocenters. The maximum atomic E-state index is 12.1. The van der Waals surface area contributed by atoms with E-state index in [0.717, 1.165) is 0 Å². The Morgan fingerprint density at radius 3 is 1.88 bits per heavy atom. The molecule has 0 aliphatic rings. The van der Waals surface area contributed by atoms with Crippen LogP contribution in [0.3, 0.4) is 0 Å². The fourth-order valence-corrected chi connectivity index (χ4v) is 3.10. The summed E-state index contributed by atoms with van der Waals surface area (Å²) in [6, 6.07) is 0. The van der Waals surface area contributed by atoms with E-state index < -0.39 is 16.2 Å². The average molecular weight is 266 g/mol. The van der Waals surface area contributed by atoms with Crippen LogP contribution in [0, 0.1) is 0 Å². The van der Waals surface area contributed by atoms with Gasteiger partial charge in [-0.15, -0.1) is 0 Å². The number of methoxy groups -OCH3 is 1. The topological polar surface area (TPSA) is 66.9 Å². The monoisotopic (exact) mass is 266 g/mol. The molecular weight excluding hydrogens is 244 g/mol. The molecule has 0 aliphatic carbocycles. The standard InChI is InChI=1S/C10H22N2O4S/c1-5-11(6-2)17(14,15)12(7-3)9-8-10(13)16-4/h5-9H2,1-4H3. The number of rotatable bonds is 8. The van der Waals surface area contributed by atoms with Crippen LogP contribution < -0.4 is 0 Å². The van der Waals surface area contributed by atoms with Crippen molar-refractivity contribution in [3.63, 3.8) is 0 Å². The SMILES string of the molecule is CCN(CC)S(=O)(=O)N(CC)CCC(=O)OC. The largest absolute Gasteiger partial charge is 0.469 e. The molecule has 0 atom stereocenters. The number of nitrogens with zero attached hydrogens (tertiary/aromatic N) is 2. The van der Waals surface area contributed by atoms with Crippen LogP contribution in [0.15, 0.2) is 0 Å². The van der Waals surface area contributed by atoms with Gasteiger partial charge in [-0.25, -0.2) is 0 Å². The maximum Gasteiger partial charge on any atom is 0.306 e. The van der Waals surface area contributed by atoms with E-state index in [1.54, 1.807) is 20.8 Å². The third-order valence-electron chi connectivity index (χ3n) is 2.50. The predicted octanol–water partition coefficient (Wildman–Crippen LogP) is 0.458. The molecule has 0 bridgehead atoms. The molecule has 0 aliphatic heterocycles. The van der Waals surface area contributed by atoms with Crippen molar-refractivity contribution < 1.29 is 17.9 Å². The number of hydrogen-bond donors (Lipinski definition) is 0. The van der Waals surface area contributed by atoms with Crippen LogP contribution in [0.25, 0.3) is 0 Å². The number of esters is 1. The van der Waals surface area contributed by atoms with Crippen molar-refractivity contribution >= 4 is 16.2 Å². The van der Waals surface area contributed by atoms with Gasteiger partial charge in [0.2, 0.25) is 0 Å². The fraction of sp³-hybridized carbons (Fsp3) is 0.900. The van der Waals surface area contributed by atoms with Gasteiger partial charge in [-0.1, -0.05) is 20.8 Å². The Bertz CT molecular complexity index is 325. The first-order valence-corrected chi connectivity index (χ1v) is 7.15. The smallest absolute Gasteiger partial charge is 0.306 e. The van der Waals surface area contributed by atoms with Crippen LogP contribution in [-0.2, 0) is 19.7 Å². The van der Waals surface area contributed by atoms with Crippen molar-refractivity contribution in [1.82, 2.24) is 8.61 Å². The summed E-state index contributed by atoms with van der Waals surface area (Å²) in [5.41, 5.74) is 0. The lowest BCUT2D eigenvalue weighted by atomic mass is 10.4. The van der Waals surface area contributed by atoms with E-state index in [4.69, 9.17) is 0 Å². The summed E-state index contributed by atoms with van der Waals surface area (Å²) in [5.74, 6) is -0.404. The quantitative estimate of drug-likeness (QED) is 0.599. The van der Waals surface area contributed by atoms with Gasteiger partial charge in [0.15, 0.2) is 0 Å². The molecule has 0 aromatic rings. The summed E-state index contributed by atoms with van der Waals surface area (Å²) >= 11 is 0. The lowest BCUT2D eigenvalue weighted by Gasteiger charge is -2.27. The molecule has 0 N–H and O–H groups in total. The molecule has 0 aromatic heterocycles. The van der Waals surface area contributed by atoms with E-state index in [-0.39, 0.29) is 13.0 Å². The third kappa shape index (κ3) is 4.61. The zero-order valence-corrected chi connectivity index (χ0v) is 11.8.